The Morgan fingerprint density at radius 2 is 1.81 bits per heavy atom. The second-order valence-corrected chi connectivity index (χ2v) is 8.78. The predicted octanol–water partition coefficient (Wildman–Crippen LogP) is 2.40. The Kier molecular flexibility index (Phi) is 7.80. The van der Waals surface area contributed by atoms with Gasteiger partial charge >= 0.3 is 7.12 Å². The third-order valence-electron chi connectivity index (χ3n) is 4.98. The van der Waals surface area contributed by atoms with Crippen LogP contribution in [0.25, 0.3) is 0 Å². The molecule has 0 radical (unpaired) electrons. The zero-order chi connectivity index (χ0) is 23.5. The zero-order valence-corrected chi connectivity index (χ0v) is 18.8. The molecule has 0 saturated heterocycles. The van der Waals surface area contributed by atoms with Crippen molar-refractivity contribution in [2.45, 2.75) is 46.6 Å². The number of aryl methyl sites for hydroxylation is 2. The monoisotopic (exact) mass is 432 g/mol. The molecule has 9 heteroatoms. The summed E-state index contributed by atoms with van der Waals surface area (Å²) in [5.74, 6) is -2.90. The molecule has 31 heavy (non-hydrogen) atoms. The first kappa shape index (κ1) is 24.8. The first-order chi connectivity index (χ1) is 14.4. The van der Waals surface area contributed by atoms with E-state index >= 15 is 4.39 Å². The summed E-state index contributed by atoms with van der Waals surface area (Å²) in [4.78, 5) is 26.1. The van der Waals surface area contributed by atoms with Gasteiger partial charge < -0.3 is 14.8 Å². The Balaban J connectivity index is 2.36. The van der Waals surface area contributed by atoms with Crippen LogP contribution in [0.1, 0.15) is 48.7 Å². The Morgan fingerprint density at radius 1 is 1.23 bits per heavy atom. The van der Waals surface area contributed by atoms with Gasteiger partial charge in [-0.1, -0.05) is 23.3 Å². The van der Waals surface area contributed by atoms with E-state index in [1.807, 2.05) is 19.9 Å². The van der Waals surface area contributed by atoms with Gasteiger partial charge in [0.25, 0.3) is 11.8 Å². The van der Waals surface area contributed by atoms with Crippen LogP contribution < -0.4 is 5.43 Å². The molecule has 0 spiro atoms. The van der Waals surface area contributed by atoms with E-state index in [-0.39, 0.29) is 24.1 Å². The van der Waals surface area contributed by atoms with Crippen LogP contribution in [-0.2, 0) is 9.53 Å². The molecule has 1 aromatic carbocycles. The molecule has 1 unspecified atom stereocenters. The maximum Gasteiger partial charge on any atom is 0.487 e. The third kappa shape index (κ3) is 5.81. The van der Waals surface area contributed by atoms with Crippen molar-refractivity contribution in [3.8, 4) is 0 Å². The Labute approximate surface area is 182 Å². The van der Waals surface area contributed by atoms with Crippen LogP contribution in [-0.4, -0.2) is 53.2 Å². The van der Waals surface area contributed by atoms with E-state index < -0.39 is 36.2 Å². The summed E-state index contributed by atoms with van der Waals surface area (Å²) in [5.41, 5.74) is 3.24. The van der Waals surface area contributed by atoms with Crippen LogP contribution in [0.2, 0.25) is 0 Å². The molecular formula is C22H30BFN2O5. The van der Waals surface area contributed by atoms with E-state index in [1.165, 1.54) is 13.2 Å². The fraction of sp³-hybridized carbons (Fsp3) is 0.455. The summed E-state index contributed by atoms with van der Waals surface area (Å²) in [7, 11) is -0.641. The van der Waals surface area contributed by atoms with E-state index in [4.69, 9.17) is 4.74 Å². The quantitative estimate of drug-likeness (QED) is 0.490. The van der Waals surface area contributed by atoms with Crippen molar-refractivity contribution in [3.63, 3.8) is 0 Å². The Morgan fingerprint density at radius 3 is 2.29 bits per heavy atom. The van der Waals surface area contributed by atoms with Crippen molar-refractivity contribution in [2.75, 3.05) is 13.7 Å². The zero-order valence-electron chi connectivity index (χ0n) is 18.8. The minimum Gasteiger partial charge on any atom is -0.423 e. The van der Waals surface area contributed by atoms with Crippen molar-refractivity contribution in [2.24, 2.45) is 5.92 Å². The molecule has 2 amide bonds. The molecule has 3 N–H and O–H groups in total. The molecule has 7 nitrogen and oxygen atoms in total. The highest BCUT2D eigenvalue weighted by molar-refractivity contribution is 6.51. The Bertz CT molecular complexity index is 901. The average Bonchev–Trinajstić information content (AvgIpc) is 2.63. The van der Waals surface area contributed by atoms with E-state index in [0.717, 1.165) is 16.1 Å². The number of amides is 2. The van der Waals surface area contributed by atoms with E-state index in [0.29, 0.717) is 5.56 Å². The van der Waals surface area contributed by atoms with Gasteiger partial charge in [0.2, 0.25) is 0 Å². The van der Waals surface area contributed by atoms with Gasteiger partial charge in [-0.25, -0.2) is 9.40 Å². The molecule has 1 atom stereocenters. The number of ether oxygens (including phenoxy) is 1. The fourth-order valence-electron chi connectivity index (χ4n) is 3.60. The number of benzene rings is 1. The molecule has 2 rings (SSSR count). The highest BCUT2D eigenvalue weighted by Gasteiger charge is 2.36. The van der Waals surface area contributed by atoms with Gasteiger partial charge in [0.05, 0.1) is 17.7 Å². The highest BCUT2D eigenvalue weighted by Crippen LogP contribution is 2.32. The lowest BCUT2D eigenvalue weighted by atomic mass is 9.67. The van der Waals surface area contributed by atoms with Crippen molar-refractivity contribution in [1.29, 1.82) is 0 Å². The molecule has 0 bridgehead atoms. The van der Waals surface area contributed by atoms with E-state index in [1.54, 1.807) is 32.9 Å². The minimum absolute atomic E-state index is 0.0745. The van der Waals surface area contributed by atoms with Gasteiger partial charge in [-0.2, -0.15) is 0 Å². The second kappa shape index (κ2) is 9.76. The molecule has 0 heterocycles. The van der Waals surface area contributed by atoms with Crippen molar-refractivity contribution in [3.05, 3.63) is 57.8 Å². The number of hydrazine groups is 1. The number of nitrogens with zero attached hydrogens (tertiary/aromatic N) is 1. The minimum atomic E-state index is -2.06. The first-order valence-electron chi connectivity index (χ1n) is 10.1. The third-order valence-corrected chi connectivity index (χ3v) is 4.98. The average molecular weight is 432 g/mol. The number of rotatable bonds is 5. The van der Waals surface area contributed by atoms with Gasteiger partial charge in [-0.15, -0.1) is 0 Å². The smallest absolute Gasteiger partial charge is 0.423 e. The largest absolute Gasteiger partial charge is 0.487 e. The standard InChI is InChI=1S/C22H30BFN2O5/c1-13-9-14(2)11-16(10-13)21(28)26(22(3,4)5)25-20(27)17-8-7-15(12-31-6)18(19(17)24)23(29)30/h8-11,15,29-30H,7,12H2,1-6H3,(H,25,27). The van der Waals surface area contributed by atoms with Crippen molar-refractivity contribution in [1.82, 2.24) is 10.4 Å². The molecule has 0 aliphatic heterocycles. The topological polar surface area (TPSA) is 99.1 Å². The van der Waals surface area contributed by atoms with Crippen LogP contribution in [0.4, 0.5) is 4.39 Å². The van der Waals surface area contributed by atoms with E-state index in [2.05, 4.69) is 5.43 Å². The normalized spacial score (nSPS) is 16.7. The van der Waals surface area contributed by atoms with Crippen molar-refractivity contribution < 1.29 is 28.8 Å². The lowest BCUT2D eigenvalue weighted by molar-refractivity contribution is -0.123. The van der Waals surface area contributed by atoms with Gasteiger partial charge in [-0.05, 0) is 53.2 Å². The summed E-state index contributed by atoms with van der Waals surface area (Å²) in [6.07, 6.45) is 1.57. The number of halogens is 1. The summed E-state index contributed by atoms with van der Waals surface area (Å²) in [6.45, 7) is 9.04. The Hall–Kier alpha value is -2.49. The first-order valence-corrected chi connectivity index (χ1v) is 10.1. The lowest BCUT2D eigenvalue weighted by Gasteiger charge is -2.36. The summed E-state index contributed by atoms with van der Waals surface area (Å²) < 4.78 is 20.0. The summed E-state index contributed by atoms with van der Waals surface area (Å²) >= 11 is 0. The number of carbonyl (C=O) groups is 2. The molecule has 1 aliphatic carbocycles. The molecular weight excluding hydrogens is 402 g/mol. The molecule has 1 aromatic rings. The van der Waals surface area contributed by atoms with Crippen LogP contribution >= 0.6 is 0 Å². The summed E-state index contributed by atoms with van der Waals surface area (Å²) in [5, 5.41) is 20.4. The van der Waals surface area contributed by atoms with Crippen LogP contribution in [0.3, 0.4) is 0 Å². The number of allylic oxidation sites excluding steroid dienone is 1. The molecule has 1 aliphatic rings. The van der Waals surface area contributed by atoms with Crippen LogP contribution in [0.15, 0.2) is 41.1 Å². The molecule has 0 aromatic heterocycles. The lowest BCUT2D eigenvalue weighted by Crippen LogP contribution is -2.56. The van der Waals surface area contributed by atoms with Crippen LogP contribution in [0.5, 0.6) is 0 Å². The van der Waals surface area contributed by atoms with Crippen molar-refractivity contribution >= 4 is 18.9 Å². The SMILES string of the molecule is COCC1CC=C(C(=O)NN(C(=O)c2cc(C)cc(C)c2)C(C)(C)C)C(F)=C1B(O)O. The van der Waals surface area contributed by atoms with E-state index in [9.17, 15) is 19.6 Å². The number of nitrogens with one attached hydrogen (secondary N) is 1. The van der Waals surface area contributed by atoms with Gasteiger partial charge in [0.15, 0.2) is 0 Å². The highest BCUT2D eigenvalue weighted by atomic mass is 19.1. The predicted molar refractivity (Wildman–Crippen MR) is 116 cm³/mol. The maximum absolute atomic E-state index is 15.0. The van der Waals surface area contributed by atoms with Gasteiger partial charge in [0.1, 0.15) is 5.83 Å². The fourth-order valence-corrected chi connectivity index (χ4v) is 3.60. The molecule has 0 saturated carbocycles. The van der Waals surface area contributed by atoms with Gasteiger partial charge in [0, 0.05) is 24.1 Å². The molecule has 168 valence electrons. The number of hydrogen-bond acceptors (Lipinski definition) is 5. The van der Waals surface area contributed by atoms with Gasteiger partial charge in [-0.3, -0.25) is 15.0 Å². The number of methoxy groups -OCH3 is 1. The number of hydrogen-bond donors (Lipinski definition) is 3. The maximum atomic E-state index is 15.0. The second-order valence-electron chi connectivity index (χ2n) is 8.78. The molecule has 0 fully saturated rings. The van der Waals surface area contributed by atoms with Crippen LogP contribution in [0, 0.1) is 19.8 Å². The summed E-state index contributed by atoms with van der Waals surface area (Å²) in [6, 6.07) is 5.37. The number of carbonyl (C=O) groups excluding carboxylic acids is 2.